The topological polar surface area (TPSA) is 321 Å². The predicted molar refractivity (Wildman–Crippen MR) is 459 cm³/mol. The molecule has 0 radical (unpaired) electrons. The van der Waals surface area contributed by atoms with Crippen LogP contribution in [0.1, 0.15) is 55.2 Å². The summed E-state index contributed by atoms with van der Waals surface area (Å²) in [5.41, 5.74) is 14.3. The second kappa shape index (κ2) is 37.1. The molecule has 1 saturated carbocycles. The molecule has 17 rings (SSSR count). The summed E-state index contributed by atoms with van der Waals surface area (Å²) < 4.78 is 154. The van der Waals surface area contributed by atoms with Crippen LogP contribution in [0.3, 0.4) is 0 Å². The van der Waals surface area contributed by atoms with Gasteiger partial charge < -0.3 is 75.2 Å². The number of amides is 3. The minimum Gasteiger partial charge on any atom is -0.462 e. The Morgan fingerprint density at radius 1 is 0.452 bits per heavy atom. The van der Waals surface area contributed by atoms with Gasteiger partial charge in [0, 0.05) is 123 Å². The van der Waals surface area contributed by atoms with Crippen LogP contribution in [-0.2, 0) is 42.4 Å². The first-order chi connectivity index (χ1) is 60.1. The first-order valence-corrected chi connectivity index (χ1v) is 42.1. The summed E-state index contributed by atoms with van der Waals surface area (Å²) in [6.07, 6.45) is -4.20. The third kappa shape index (κ3) is 19.6. The summed E-state index contributed by atoms with van der Waals surface area (Å²) in [4.78, 5) is 94.3. The number of carbonyl (C=O) groups is 3. The summed E-state index contributed by atoms with van der Waals surface area (Å²) >= 11 is 19.8. The monoisotopic (exact) mass is 1810 g/mol. The lowest BCUT2D eigenvalue weighted by molar-refractivity contribution is -0.138. The van der Waals surface area contributed by atoms with Crippen molar-refractivity contribution in [1.29, 1.82) is 0 Å². The van der Waals surface area contributed by atoms with Crippen LogP contribution in [0.4, 0.5) is 74.4 Å². The van der Waals surface area contributed by atoms with Crippen LogP contribution in [0.5, 0.6) is 18.0 Å². The van der Waals surface area contributed by atoms with Crippen LogP contribution in [-0.4, -0.2) is 274 Å². The van der Waals surface area contributed by atoms with Gasteiger partial charge in [-0.05, 0) is 157 Å². The maximum absolute atomic E-state index is 13.9. The van der Waals surface area contributed by atoms with Gasteiger partial charge in [-0.3, -0.25) is 24.2 Å². The van der Waals surface area contributed by atoms with Crippen LogP contribution in [0, 0.1) is 0 Å². The molecule has 3 aromatic carbocycles. The van der Waals surface area contributed by atoms with Gasteiger partial charge in [-0.1, -0.05) is 54.5 Å². The number of fused-ring (bicyclic) bond motifs is 3. The highest BCUT2D eigenvalue weighted by atomic mass is 35.5. The zero-order valence-corrected chi connectivity index (χ0v) is 71.0. The highest BCUT2D eigenvalue weighted by Crippen LogP contribution is 2.47. The fourth-order valence-corrected chi connectivity index (χ4v) is 17.4. The maximum atomic E-state index is 13.9. The number of piperazine rings is 3. The number of anilines is 6. The number of rotatable bonds is 21. The molecule has 8 fully saturated rings. The average molecular weight is 1810 g/mol. The van der Waals surface area contributed by atoms with Gasteiger partial charge in [0.05, 0.1) is 109 Å². The third-order valence-electron chi connectivity index (χ3n) is 23.9. The molecule has 7 aliphatic heterocycles. The van der Waals surface area contributed by atoms with Gasteiger partial charge in [0.1, 0.15) is 54.7 Å². The number of halogens is 12. The second-order valence-corrected chi connectivity index (χ2v) is 33.2. The number of hydrogen-bond acceptors (Lipinski definition) is 26. The summed E-state index contributed by atoms with van der Waals surface area (Å²) in [6, 6.07) is 16.4. The molecule has 7 saturated heterocycles. The number of pyridine rings is 3. The van der Waals surface area contributed by atoms with Crippen LogP contribution in [0.25, 0.3) is 66.5 Å². The first-order valence-electron chi connectivity index (χ1n) is 40.9. The fraction of sp³-hybridized carbons (Fsp3) is 0.435. The van der Waals surface area contributed by atoms with Crippen molar-refractivity contribution in [3.05, 3.63) is 143 Å². The van der Waals surface area contributed by atoms with E-state index < -0.39 is 35.2 Å². The molecule has 1 aliphatic carbocycles. The average Bonchev–Trinajstić information content (AvgIpc) is 1.06. The molecule has 0 bridgehead atoms. The van der Waals surface area contributed by atoms with Gasteiger partial charge in [-0.2, -0.15) is 69.4 Å². The summed E-state index contributed by atoms with van der Waals surface area (Å²) in [5, 5.41) is 1.74. The lowest BCUT2D eigenvalue weighted by Gasteiger charge is -2.38. The van der Waals surface area contributed by atoms with E-state index in [1.54, 1.807) is 32.9 Å². The smallest absolute Gasteiger partial charge is 0.418 e. The van der Waals surface area contributed by atoms with Crippen molar-refractivity contribution < 1.29 is 77.6 Å². The Morgan fingerprint density at radius 3 is 1.02 bits per heavy atom. The van der Waals surface area contributed by atoms with Gasteiger partial charge in [0.25, 0.3) is 0 Å². The maximum Gasteiger partial charge on any atom is 0.418 e. The van der Waals surface area contributed by atoms with Gasteiger partial charge >= 0.3 is 36.6 Å². The highest BCUT2D eigenvalue weighted by Gasteiger charge is 2.47. The lowest BCUT2D eigenvalue weighted by Crippen LogP contribution is -2.52. The van der Waals surface area contributed by atoms with Crippen molar-refractivity contribution in [2.75, 3.05) is 184 Å². The fourth-order valence-electron chi connectivity index (χ4n) is 16.6. The molecular formula is C85H91Cl3F9N21O8. The number of benzene rings is 3. The highest BCUT2D eigenvalue weighted by molar-refractivity contribution is 6.35. The van der Waals surface area contributed by atoms with Crippen molar-refractivity contribution >= 4 is 120 Å². The number of likely N-dealkylation sites (tertiary alicyclic amines) is 2. The molecule has 13 heterocycles. The van der Waals surface area contributed by atoms with Crippen LogP contribution < -0.4 is 46.1 Å². The SMILES string of the molecule is C=CC(=O)N1CCN(c2nc(OCC3(N(C)C)CC3)nc3cc(-c4nc(N)ccc4C(F)(F)F)c(Cl)cc23)CC1.C=CC(=O)N1CCN(c2nc(OCC3CCCN3C3COC3)nc3cc(-c4nc(N)ccc4C(F)(F)F)c(Cl)cc23)CC1.C=CC(=O)N1CCN(c2nc(OC[C@@H]3CCCN3C3COC3)nc3cc(-c4nc(N)ccc4C(F)(F)F)c(Cl)cc23)CC1. The number of ether oxygens (including phenoxy) is 5. The number of nitrogens with two attached hydrogens (primary N) is 3. The number of likely N-dealkylation sites (N-methyl/N-ethyl adjacent to an activating group) is 1. The minimum absolute atomic E-state index is 0.0396. The summed E-state index contributed by atoms with van der Waals surface area (Å²) in [5.74, 6) is 0.875. The van der Waals surface area contributed by atoms with E-state index in [-0.39, 0.29) is 120 Å². The molecule has 6 aromatic heterocycles. The molecule has 668 valence electrons. The van der Waals surface area contributed by atoms with Crippen molar-refractivity contribution in [3.8, 4) is 51.8 Å². The Labute approximate surface area is 733 Å². The first kappa shape index (κ1) is 89.8. The Kier molecular flexibility index (Phi) is 26.5. The van der Waals surface area contributed by atoms with E-state index in [0.717, 1.165) is 88.0 Å². The number of hydrogen-bond donors (Lipinski definition) is 3. The number of carbonyl (C=O) groups excluding carboxylic acids is 3. The standard InChI is InChI=1S/2C29H31ClF3N7O3.C27H29ClF3N7O2/c2*1-2-25(41)38-8-10-39(11-9-38)27-20-12-22(30)19(26-21(29(31,32)33)5-6-24(34)36-26)13-23(20)35-28(37-27)43-16-17-4-3-7-40(17)18-14-42-15-18;1-4-22(39)37-9-11-38(12-10-37)24-17-13-19(28)16(23-18(27(29,30)31)5-6-21(32)34-23)14-20(17)33-25(35-24)40-15-26(7-8-26)36(2)3/h2*2,5-6,12-13,17-18H,1,3-4,7-11,14-16H2,(H2,34,36);4-6,13-14H,1,7-12,15H2,2-3H3,(H2,32,34)/t17-;;/m0../s1. The van der Waals surface area contributed by atoms with Gasteiger partial charge in [0.2, 0.25) is 17.7 Å². The van der Waals surface area contributed by atoms with Crippen molar-refractivity contribution in [2.45, 2.75) is 86.8 Å². The molecule has 6 N–H and O–H groups in total. The van der Waals surface area contributed by atoms with Crippen molar-refractivity contribution in [1.82, 2.24) is 74.3 Å². The largest absolute Gasteiger partial charge is 0.462 e. The second-order valence-electron chi connectivity index (χ2n) is 32.0. The zero-order valence-electron chi connectivity index (χ0n) is 68.8. The van der Waals surface area contributed by atoms with Gasteiger partial charge in [-0.25, -0.2) is 15.0 Å². The van der Waals surface area contributed by atoms with Crippen LogP contribution in [0.15, 0.2) is 111 Å². The van der Waals surface area contributed by atoms with E-state index in [0.29, 0.717) is 187 Å². The van der Waals surface area contributed by atoms with Crippen LogP contribution in [0.2, 0.25) is 15.1 Å². The molecule has 1 unspecified atom stereocenters. The predicted octanol–water partition coefficient (Wildman–Crippen LogP) is 12.3. The van der Waals surface area contributed by atoms with E-state index in [1.807, 2.05) is 28.8 Å². The molecule has 8 aliphatic rings. The molecule has 0 spiro atoms. The van der Waals surface area contributed by atoms with Crippen LogP contribution >= 0.6 is 34.8 Å². The molecule has 29 nitrogen and oxygen atoms in total. The third-order valence-corrected chi connectivity index (χ3v) is 24.9. The Bertz CT molecular complexity index is 5400. The minimum atomic E-state index is -4.68. The van der Waals surface area contributed by atoms with E-state index in [9.17, 15) is 53.9 Å². The zero-order chi connectivity index (χ0) is 89.4. The van der Waals surface area contributed by atoms with Gasteiger partial charge in [-0.15, -0.1) is 0 Å². The van der Waals surface area contributed by atoms with E-state index in [4.69, 9.17) is 90.6 Å². The van der Waals surface area contributed by atoms with Gasteiger partial charge in [0.15, 0.2) is 0 Å². The number of aromatic nitrogens is 9. The summed E-state index contributed by atoms with van der Waals surface area (Å²) in [6.45, 7) is 22.0. The Hall–Kier alpha value is -11.0. The Morgan fingerprint density at radius 2 is 0.754 bits per heavy atom. The molecule has 2 atom stereocenters. The van der Waals surface area contributed by atoms with Crippen molar-refractivity contribution in [3.63, 3.8) is 0 Å². The van der Waals surface area contributed by atoms with Crippen molar-refractivity contribution in [2.24, 2.45) is 0 Å². The van der Waals surface area contributed by atoms with E-state index in [2.05, 4.69) is 64.3 Å². The van der Waals surface area contributed by atoms with E-state index in [1.165, 1.54) is 36.4 Å². The van der Waals surface area contributed by atoms with E-state index >= 15 is 0 Å². The number of nitrogens with zero attached hydrogens (tertiary/aromatic N) is 18. The Balaban J connectivity index is 0.000000146. The number of nitrogen functional groups attached to an aromatic ring is 3. The summed E-state index contributed by atoms with van der Waals surface area (Å²) in [7, 11) is 3.97. The molecule has 9 aromatic rings. The quantitative estimate of drug-likeness (QED) is 0.0444. The molecule has 3 amide bonds. The lowest BCUT2D eigenvalue weighted by atomic mass is 10.0. The molecular weight excluding hydrogens is 1720 g/mol. The molecule has 41 heteroatoms. The normalized spacial score (nSPS) is 19.0. The molecule has 126 heavy (non-hydrogen) atoms. The number of alkyl halides is 9.